The van der Waals surface area contributed by atoms with Crippen LogP contribution < -0.4 is 19.6 Å². The number of benzene rings is 2. The van der Waals surface area contributed by atoms with E-state index in [-0.39, 0.29) is 19.3 Å². The molecule has 0 radical (unpaired) electrons. The van der Waals surface area contributed by atoms with E-state index in [1.54, 1.807) is 12.1 Å². The molecule has 6 nitrogen and oxygen atoms in total. The molecular weight excluding hydrogens is 320 g/mol. The van der Waals surface area contributed by atoms with Crippen molar-refractivity contribution in [1.29, 1.82) is 0 Å². The molecule has 25 heavy (non-hydrogen) atoms. The van der Waals surface area contributed by atoms with Crippen molar-refractivity contribution in [2.45, 2.75) is 19.8 Å². The number of rotatable bonds is 6. The number of hydrazone groups is 1. The van der Waals surface area contributed by atoms with Crippen LogP contribution in [0.4, 0.5) is 0 Å². The summed E-state index contributed by atoms with van der Waals surface area (Å²) in [6.45, 7) is 4.38. The van der Waals surface area contributed by atoms with Crippen LogP contribution in [0.3, 0.4) is 0 Å². The normalized spacial score (nSPS) is 12.6. The predicted octanol–water partition coefficient (Wildman–Crippen LogP) is 3.07. The first kappa shape index (κ1) is 16.8. The highest BCUT2D eigenvalue weighted by molar-refractivity contribution is 5.83. The maximum atomic E-state index is 11.8. The van der Waals surface area contributed by atoms with Gasteiger partial charge >= 0.3 is 0 Å². The van der Waals surface area contributed by atoms with Crippen molar-refractivity contribution in [2.75, 3.05) is 13.4 Å². The van der Waals surface area contributed by atoms with Gasteiger partial charge in [0.25, 0.3) is 5.91 Å². The quantitative estimate of drug-likeness (QED) is 0.648. The highest BCUT2D eigenvalue weighted by Crippen LogP contribution is 2.31. The summed E-state index contributed by atoms with van der Waals surface area (Å²) in [5, 5.41) is 3.92. The first-order chi connectivity index (χ1) is 12.1. The Morgan fingerprint density at radius 3 is 2.72 bits per heavy atom. The molecule has 0 saturated carbocycles. The lowest BCUT2D eigenvalue weighted by molar-refractivity contribution is -0.123. The molecule has 1 aliphatic rings. The van der Waals surface area contributed by atoms with Gasteiger partial charge in [-0.25, -0.2) is 5.43 Å². The molecule has 1 N–H and O–H groups in total. The number of fused-ring (bicyclic) bond motifs is 1. The Labute approximate surface area is 146 Å². The molecule has 2 aromatic rings. The van der Waals surface area contributed by atoms with E-state index >= 15 is 0 Å². The Balaban J connectivity index is 1.46. The van der Waals surface area contributed by atoms with Crippen molar-refractivity contribution in [3.63, 3.8) is 0 Å². The average molecular weight is 340 g/mol. The monoisotopic (exact) mass is 340 g/mol. The highest BCUT2D eigenvalue weighted by atomic mass is 16.7. The van der Waals surface area contributed by atoms with Gasteiger partial charge in [-0.1, -0.05) is 26.0 Å². The first-order valence-corrected chi connectivity index (χ1v) is 8.06. The van der Waals surface area contributed by atoms with Gasteiger partial charge in [-0.2, -0.15) is 5.10 Å². The summed E-state index contributed by atoms with van der Waals surface area (Å²) in [6, 6.07) is 13.1. The SMILES string of the molecule is CC(C)c1ccc(OCC(=O)NN=Cc2ccc3c(c2)OCO3)cc1. The number of hydrogen-bond donors (Lipinski definition) is 1. The molecule has 130 valence electrons. The number of ether oxygens (including phenoxy) is 3. The van der Waals surface area contributed by atoms with E-state index in [0.29, 0.717) is 23.2 Å². The molecule has 0 atom stereocenters. The zero-order chi connectivity index (χ0) is 17.6. The van der Waals surface area contributed by atoms with Crippen molar-refractivity contribution in [3.8, 4) is 17.2 Å². The van der Waals surface area contributed by atoms with Crippen molar-refractivity contribution in [2.24, 2.45) is 5.10 Å². The van der Waals surface area contributed by atoms with Crippen LogP contribution in [0.15, 0.2) is 47.6 Å². The Hall–Kier alpha value is -3.02. The Bertz CT molecular complexity index is 769. The van der Waals surface area contributed by atoms with Gasteiger partial charge in [-0.3, -0.25) is 4.79 Å². The van der Waals surface area contributed by atoms with E-state index < -0.39 is 0 Å². The summed E-state index contributed by atoms with van der Waals surface area (Å²) in [5.41, 5.74) is 4.46. The lowest BCUT2D eigenvalue weighted by Gasteiger charge is -2.08. The zero-order valence-corrected chi connectivity index (χ0v) is 14.2. The third-order valence-electron chi connectivity index (χ3n) is 3.72. The Kier molecular flexibility index (Phi) is 5.18. The number of carbonyl (C=O) groups is 1. The zero-order valence-electron chi connectivity index (χ0n) is 14.2. The number of amides is 1. The van der Waals surface area contributed by atoms with Crippen LogP contribution in [0.2, 0.25) is 0 Å². The number of nitrogens with one attached hydrogen (secondary N) is 1. The predicted molar refractivity (Wildman–Crippen MR) is 94.3 cm³/mol. The lowest BCUT2D eigenvalue weighted by atomic mass is 10.0. The second-order valence-electron chi connectivity index (χ2n) is 5.92. The van der Waals surface area contributed by atoms with Gasteiger partial charge in [0.05, 0.1) is 6.21 Å². The molecular formula is C19H20N2O4. The summed E-state index contributed by atoms with van der Waals surface area (Å²) < 4.78 is 16.0. The van der Waals surface area contributed by atoms with Gasteiger partial charge in [-0.05, 0) is 47.4 Å². The summed E-state index contributed by atoms with van der Waals surface area (Å²) in [6.07, 6.45) is 1.54. The number of hydrogen-bond acceptors (Lipinski definition) is 5. The molecule has 0 bridgehead atoms. The fourth-order valence-electron chi connectivity index (χ4n) is 2.30. The summed E-state index contributed by atoms with van der Waals surface area (Å²) in [7, 11) is 0. The minimum absolute atomic E-state index is 0.0977. The van der Waals surface area contributed by atoms with Gasteiger partial charge in [-0.15, -0.1) is 0 Å². The number of nitrogens with zero attached hydrogens (tertiary/aromatic N) is 1. The molecule has 2 aromatic carbocycles. The van der Waals surface area contributed by atoms with Crippen molar-refractivity contribution in [3.05, 3.63) is 53.6 Å². The minimum atomic E-state index is -0.329. The van der Waals surface area contributed by atoms with Crippen molar-refractivity contribution < 1.29 is 19.0 Å². The lowest BCUT2D eigenvalue weighted by Crippen LogP contribution is -2.24. The van der Waals surface area contributed by atoms with Crippen LogP contribution >= 0.6 is 0 Å². The average Bonchev–Trinajstić information content (AvgIpc) is 3.08. The van der Waals surface area contributed by atoms with Gasteiger partial charge in [0, 0.05) is 0 Å². The van der Waals surface area contributed by atoms with Crippen LogP contribution in [-0.4, -0.2) is 25.5 Å². The summed E-state index contributed by atoms with van der Waals surface area (Å²) >= 11 is 0. The fourth-order valence-corrected chi connectivity index (χ4v) is 2.30. The molecule has 0 aromatic heterocycles. The molecule has 0 spiro atoms. The van der Waals surface area contributed by atoms with Crippen molar-refractivity contribution >= 4 is 12.1 Å². The number of carbonyl (C=O) groups excluding carboxylic acids is 1. The van der Waals surface area contributed by atoms with E-state index in [4.69, 9.17) is 14.2 Å². The van der Waals surface area contributed by atoms with E-state index in [2.05, 4.69) is 24.4 Å². The molecule has 6 heteroatoms. The second kappa shape index (κ2) is 7.70. The van der Waals surface area contributed by atoms with E-state index in [9.17, 15) is 4.79 Å². The van der Waals surface area contributed by atoms with Gasteiger partial charge < -0.3 is 14.2 Å². The smallest absolute Gasteiger partial charge is 0.277 e. The summed E-state index contributed by atoms with van der Waals surface area (Å²) in [5.74, 6) is 2.16. The Morgan fingerprint density at radius 2 is 1.96 bits per heavy atom. The van der Waals surface area contributed by atoms with Gasteiger partial charge in [0.15, 0.2) is 18.1 Å². The minimum Gasteiger partial charge on any atom is -0.484 e. The molecule has 0 saturated heterocycles. The van der Waals surface area contributed by atoms with Gasteiger partial charge in [0.2, 0.25) is 6.79 Å². The van der Waals surface area contributed by atoms with Crippen molar-refractivity contribution in [1.82, 2.24) is 5.43 Å². The molecule has 0 unspecified atom stereocenters. The summed E-state index contributed by atoms with van der Waals surface area (Å²) in [4.78, 5) is 11.8. The maximum absolute atomic E-state index is 11.8. The van der Waals surface area contributed by atoms with Crippen LogP contribution in [0.1, 0.15) is 30.9 Å². The third kappa shape index (κ3) is 4.50. The third-order valence-corrected chi connectivity index (χ3v) is 3.72. The van der Waals surface area contributed by atoms with Crippen LogP contribution in [-0.2, 0) is 4.79 Å². The fraction of sp³-hybridized carbons (Fsp3) is 0.263. The molecule has 1 amide bonds. The van der Waals surface area contributed by atoms with Crippen LogP contribution in [0.5, 0.6) is 17.2 Å². The first-order valence-electron chi connectivity index (χ1n) is 8.06. The standard InChI is InChI=1S/C19H20N2O4/c1-13(2)15-4-6-16(7-5-15)23-11-19(22)21-20-10-14-3-8-17-18(9-14)25-12-24-17/h3-10,13H,11-12H2,1-2H3,(H,21,22). The molecule has 1 heterocycles. The Morgan fingerprint density at radius 1 is 1.20 bits per heavy atom. The highest BCUT2D eigenvalue weighted by Gasteiger charge is 2.12. The second-order valence-corrected chi connectivity index (χ2v) is 5.92. The molecule has 0 fully saturated rings. The van der Waals surface area contributed by atoms with E-state index in [1.807, 2.05) is 30.3 Å². The largest absolute Gasteiger partial charge is 0.484 e. The molecule has 0 aliphatic carbocycles. The van der Waals surface area contributed by atoms with E-state index in [1.165, 1.54) is 11.8 Å². The topological polar surface area (TPSA) is 69.2 Å². The van der Waals surface area contributed by atoms with Crippen LogP contribution in [0, 0.1) is 0 Å². The molecule has 1 aliphatic heterocycles. The maximum Gasteiger partial charge on any atom is 0.277 e. The van der Waals surface area contributed by atoms with Gasteiger partial charge in [0.1, 0.15) is 5.75 Å². The molecule has 3 rings (SSSR count). The van der Waals surface area contributed by atoms with E-state index in [0.717, 1.165) is 5.56 Å². The van der Waals surface area contributed by atoms with Crippen LogP contribution in [0.25, 0.3) is 0 Å².